The van der Waals surface area contributed by atoms with E-state index < -0.39 is 0 Å². The summed E-state index contributed by atoms with van der Waals surface area (Å²) in [6, 6.07) is 0. The van der Waals surface area contributed by atoms with Gasteiger partial charge in [-0.25, -0.2) is 0 Å². The molecule has 0 saturated heterocycles. The third-order valence-corrected chi connectivity index (χ3v) is 3.62. The molecule has 1 aromatic heterocycles. The van der Waals surface area contributed by atoms with Crippen molar-refractivity contribution in [2.24, 2.45) is 5.73 Å². The lowest BCUT2D eigenvalue weighted by molar-refractivity contribution is 0.182. The Morgan fingerprint density at radius 2 is 2.06 bits per heavy atom. The van der Waals surface area contributed by atoms with Gasteiger partial charge in [0.15, 0.2) is 0 Å². The van der Waals surface area contributed by atoms with Gasteiger partial charge >= 0.3 is 0 Å². The van der Waals surface area contributed by atoms with Crippen molar-refractivity contribution in [1.29, 1.82) is 0 Å². The van der Waals surface area contributed by atoms with E-state index in [9.17, 15) is 0 Å². The number of nitrogens with two attached hydrogens (primary N) is 1. The largest absolute Gasteiger partial charge is 0.339 e. The summed E-state index contributed by atoms with van der Waals surface area (Å²) in [7, 11) is 0. The minimum absolute atomic E-state index is 0.0294. The Labute approximate surface area is 96.0 Å². The third kappa shape index (κ3) is 1.69. The molecule has 1 aromatic rings. The highest BCUT2D eigenvalue weighted by Gasteiger charge is 2.42. The first-order chi connectivity index (χ1) is 7.75. The summed E-state index contributed by atoms with van der Waals surface area (Å²) in [6.45, 7) is 6.56. The second-order valence-corrected chi connectivity index (χ2v) is 4.41. The Kier molecular flexibility index (Phi) is 3.14. The lowest BCUT2D eigenvalue weighted by Crippen LogP contribution is -2.41. The molecule has 1 fully saturated rings. The lowest BCUT2D eigenvalue weighted by Gasteiger charge is -2.36. The fourth-order valence-electron chi connectivity index (χ4n) is 2.17. The normalized spacial score (nSPS) is 18.2. The molecule has 0 aliphatic heterocycles. The smallest absolute Gasteiger partial charge is 0.266 e. The van der Waals surface area contributed by atoms with Gasteiger partial charge in [0.1, 0.15) is 0 Å². The predicted molar refractivity (Wildman–Crippen MR) is 62.4 cm³/mol. The molecule has 0 spiro atoms. The molecule has 0 radical (unpaired) electrons. The molecular formula is C11H20N4O. The van der Waals surface area contributed by atoms with Gasteiger partial charge in [-0.05, 0) is 31.8 Å². The standard InChI is InChI=1S/C11H20N4O/c1-3-15(4-2)10-13-9(16-14-10)11(8-12)6-5-7-11/h3-8,12H2,1-2H3. The van der Waals surface area contributed by atoms with Crippen molar-refractivity contribution in [1.82, 2.24) is 10.1 Å². The van der Waals surface area contributed by atoms with Crippen molar-refractivity contribution in [3.63, 3.8) is 0 Å². The van der Waals surface area contributed by atoms with Crippen LogP contribution in [-0.4, -0.2) is 29.8 Å². The average molecular weight is 224 g/mol. The molecule has 2 rings (SSSR count). The van der Waals surface area contributed by atoms with E-state index in [1.807, 2.05) is 0 Å². The summed E-state index contributed by atoms with van der Waals surface area (Å²) in [5.74, 6) is 1.42. The fraction of sp³-hybridized carbons (Fsp3) is 0.818. The Morgan fingerprint density at radius 1 is 1.38 bits per heavy atom. The van der Waals surface area contributed by atoms with Gasteiger partial charge in [0.05, 0.1) is 5.41 Å². The quantitative estimate of drug-likeness (QED) is 0.816. The number of hydrogen-bond donors (Lipinski definition) is 1. The number of aromatic nitrogens is 2. The first-order valence-electron chi connectivity index (χ1n) is 6.05. The minimum atomic E-state index is -0.0294. The highest BCUT2D eigenvalue weighted by atomic mass is 16.5. The summed E-state index contributed by atoms with van der Waals surface area (Å²) in [5, 5.41) is 4.04. The Balaban J connectivity index is 2.18. The van der Waals surface area contributed by atoms with Gasteiger partial charge in [0.25, 0.3) is 5.95 Å². The van der Waals surface area contributed by atoms with E-state index in [1.165, 1.54) is 6.42 Å². The van der Waals surface area contributed by atoms with Gasteiger partial charge in [0.2, 0.25) is 5.89 Å². The van der Waals surface area contributed by atoms with Crippen LogP contribution < -0.4 is 10.6 Å². The molecule has 90 valence electrons. The second-order valence-electron chi connectivity index (χ2n) is 4.41. The Bertz CT molecular complexity index is 336. The maximum absolute atomic E-state index is 5.81. The minimum Gasteiger partial charge on any atom is -0.339 e. The van der Waals surface area contributed by atoms with Gasteiger partial charge in [0, 0.05) is 19.6 Å². The van der Waals surface area contributed by atoms with Gasteiger partial charge < -0.3 is 15.2 Å². The molecule has 1 saturated carbocycles. The Morgan fingerprint density at radius 3 is 2.50 bits per heavy atom. The lowest BCUT2D eigenvalue weighted by atomic mass is 9.69. The predicted octanol–water partition coefficient (Wildman–Crippen LogP) is 1.30. The van der Waals surface area contributed by atoms with E-state index in [4.69, 9.17) is 10.3 Å². The molecule has 16 heavy (non-hydrogen) atoms. The summed E-state index contributed by atoms with van der Waals surface area (Å²) >= 11 is 0. The maximum Gasteiger partial charge on any atom is 0.266 e. The van der Waals surface area contributed by atoms with Crippen LogP contribution in [0.15, 0.2) is 4.52 Å². The first kappa shape index (κ1) is 11.4. The van der Waals surface area contributed by atoms with E-state index in [0.29, 0.717) is 12.5 Å². The zero-order chi connectivity index (χ0) is 11.6. The van der Waals surface area contributed by atoms with Gasteiger partial charge in [-0.3, -0.25) is 0 Å². The molecule has 2 N–H and O–H groups in total. The Hall–Kier alpha value is -1.10. The highest BCUT2D eigenvalue weighted by molar-refractivity contribution is 5.28. The fourth-order valence-corrected chi connectivity index (χ4v) is 2.17. The van der Waals surface area contributed by atoms with E-state index in [-0.39, 0.29) is 5.41 Å². The molecule has 5 nitrogen and oxygen atoms in total. The topological polar surface area (TPSA) is 68.2 Å². The number of nitrogens with zero attached hydrogens (tertiary/aromatic N) is 3. The van der Waals surface area contributed by atoms with Crippen molar-refractivity contribution in [2.75, 3.05) is 24.5 Å². The molecular weight excluding hydrogens is 204 g/mol. The highest BCUT2D eigenvalue weighted by Crippen LogP contribution is 2.42. The number of rotatable bonds is 5. The molecule has 5 heteroatoms. The van der Waals surface area contributed by atoms with Gasteiger partial charge in [-0.15, -0.1) is 0 Å². The molecule has 0 amide bonds. The monoisotopic (exact) mass is 224 g/mol. The van der Waals surface area contributed by atoms with E-state index in [1.54, 1.807) is 0 Å². The molecule has 0 atom stereocenters. The van der Waals surface area contributed by atoms with Crippen molar-refractivity contribution < 1.29 is 4.52 Å². The molecule has 0 aromatic carbocycles. The van der Waals surface area contributed by atoms with Crippen LogP contribution in [0.4, 0.5) is 5.95 Å². The SMILES string of the molecule is CCN(CC)c1noc(C2(CN)CCC2)n1. The second kappa shape index (κ2) is 4.41. The van der Waals surface area contributed by atoms with E-state index >= 15 is 0 Å². The van der Waals surface area contributed by atoms with Crippen molar-refractivity contribution >= 4 is 5.95 Å². The van der Waals surface area contributed by atoms with Crippen LogP contribution in [0.2, 0.25) is 0 Å². The number of anilines is 1. The summed E-state index contributed by atoms with van der Waals surface area (Å²) < 4.78 is 5.36. The zero-order valence-corrected chi connectivity index (χ0v) is 10.1. The first-order valence-corrected chi connectivity index (χ1v) is 6.05. The summed E-state index contributed by atoms with van der Waals surface area (Å²) in [6.07, 6.45) is 3.35. The van der Waals surface area contributed by atoms with E-state index in [2.05, 4.69) is 28.9 Å². The van der Waals surface area contributed by atoms with Crippen molar-refractivity contribution in [3.8, 4) is 0 Å². The van der Waals surface area contributed by atoms with Crippen LogP contribution in [0, 0.1) is 0 Å². The number of hydrogen-bond acceptors (Lipinski definition) is 5. The molecule has 1 heterocycles. The summed E-state index contributed by atoms with van der Waals surface area (Å²) in [4.78, 5) is 6.56. The summed E-state index contributed by atoms with van der Waals surface area (Å²) in [5.41, 5.74) is 5.78. The van der Waals surface area contributed by atoms with Gasteiger partial charge in [-0.1, -0.05) is 6.42 Å². The van der Waals surface area contributed by atoms with Crippen LogP contribution in [0.3, 0.4) is 0 Å². The molecule has 0 bridgehead atoms. The van der Waals surface area contributed by atoms with Crippen LogP contribution in [0.1, 0.15) is 39.0 Å². The van der Waals surface area contributed by atoms with Crippen LogP contribution in [0.5, 0.6) is 0 Å². The van der Waals surface area contributed by atoms with Crippen molar-refractivity contribution in [2.45, 2.75) is 38.5 Å². The van der Waals surface area contributed by atoms with Crippen LogP contribution >= 0.6 is 0 Å². The molecule has 1 aliphatic carbocycles. The molecule has 0 unspecified atom stereocenters. The van der Waals surface area contributed by atoms with Crippen LogP contribution in [0.25, 0.3) is 0 Å². The van der Waals surface area contributed by atoms with Crippen molar-refractivity contribution in [3.05, 3.63) is 5.89 Å². The maximum atomic E-state index is 5.81. The zero-order valence-electron chi connectivity index (χ0n) is 10.1. The molecule has 1 aliphatic rings. The van der Waals surface area contributed by atoms with E-state index in [0.717, 1.165) is 31.8 Å². The van der Waals surface area contributed by atoms with Crippen LogP contribution in [-0.2, 0) is 5.41 Å². The third-order valence-electron chi connectivity index (χ3n) is 3.62. The van der Waals surface area contributed by atoms with Gasteiger partial charge in [-0.2, -0.15) is 4.98 Å². The average Bonchev–Trinajstić information content (AvgIpc) is 2.69.